The summed E-state index contributed by atoms with van der Waals surface area (Å²) in [7, 11) is 1.86. The van der Waals surface area contributed by atoms with Gasteiger partial charge in [-0.3, -0.25) is 4.90 Å². The highest BCUT2D eigenvalue weighted by molar-refractivity contribution is 5.25. The van der Waals surface area contributed by atoms with E-state index in [-0.39, 0.29) is 5.54 Å². The van der Waals surface area contributed by atoms with Crippen molar-refractivity contribution < 1.29 is 4.74 Å². The lowest BCUT2D eigenvalue weighted by Gasteiger charge is -2.46. The summed E-state index contributed by atoms with van der Waals surface area (Å²) < 4.78 is 5.61. The fourth-order valence-corrected chi connectivity index (χ4v) is 3.99. The fraction of sp³-hybridized carbons (Fsp3) is 0.667. The molecule has 1 aliphatic carbocycles. The molecule has 0 amide bonds. The van der Waals surface area contributed by atoms with E-state index in [2.05, 4.69) is 47.5 Å². The van der Waals surface area contributed by atoms with Crippen molar-refractivity contribution in [3.8, 4) is 0 Å². The van der Waals surface area contributed by atoms with Crippen molar-refractivity contribution in [3.05, 3.63) is 35.9 Å². The summed E-state index contributed by atoms with van der Waals surface area (Å²) in [4.78, 5) is 2.69. The highest BCUT2D eigenvalue weighted by Crippen LogP contribution is 2.30. The Morgan fingerprint density at radius 3 is 2.81 bits per heavy atom. The van der Waals surface area contributed by atoms with E-state index in [4.69, 9.17) is 4.74 Å². The minimum absolute atomic E-state index is 0.0690. The molecule has 1 saturated carbocycles. The maximum atomic E-state index is 5.61. The molecule has 0 radical (unpaired) electrons. The third-order valence-corrected chi connectivity index (χ3v) is 5.29. The predicted octanol–water partition coefficient (Wildman–Crippen LogP) is 2.76. The van der Waals surface area contributed by atoms with Crippen LogP contribution in [0.1, 0.15) is 38.2 Å². The van der Waals surface area contributed by atoms with Crippen LogP contribution < -0.4 is 5.32 Å². The Labute approximate surface area is 128 Å². The summed E-state index contributed by atoms with van der Waals surface area (Å²) in [5, 5.41) is 3.73. The maximum Gasteiger partial charge on any atom is 0.0586 e. The van der Waals surface area contributed by atoms with Gasteiger partial charge in [0, 0.05) is 32.8 Å². The van der Waals surface area contributed by atoms with Crippen LogP contribution in [0.2, 0.25) is 0 Å². The minimum Gasteiger partial charge on any atom is -0.381 e. The van der Waals surface area contributed by atoms with Crippen LogP contribution >= 0.6 is 0 Å². The normalized spacial score (nSPS) is 34.8. The maximum absolute atomic E-state index is 5.61. The van der Waals surface area contributed by atoms with Gasteiger partial charge in [-0.2, -0.15) is 0 Å². The van der Waals surface area contributed by atoms with Crippen LogP contribution in [0.4, 0.5) is 0 Å². The second-order valence-corrected chi connectivity index (χ2v) is 6.77. The van der Waals surface area contributed by atoms with E-state index in [0.29, 0.717) is 12.1 Å². The van der Waals surface area contributed by atoms with Crippen LogP contribution in [0.3, 0.4) is 0 Å². The largest absolute Gasteiger partial charge is 0.381 e. The zero-order valence-electron chi connectivity index (χ0n) is 13.3. The lowest BCUT2D eigenvalue weighted by atomic mass is 9.86. The van der Waals surface area contributed by atoms with Crippen molar-refractivity contribution >= 4 is 0 Å². The number of nitrogens with one attached hydrogen (secondary N) is 1. The summed E-state index contributed by atoms with van der Waals surface area (Å²) >= 11 is 0. The predicted molar refractivity (Wildman–Crippen MR) is 86.4 cm³/mol. The molecule has 116 valence electrons. The Bertz CT molecular complexity index is 450. The number of benzene rings is 1. The van der Waals surface area contributed by atoms with Gasteiger partial charge in [0.2, 0.25) is 0 Å². The number of ether oxygens (including phenoxy) is 1. The van der Waals surface area contributed by atoms with Crippen LogP contribution in [0, 0.1) is 0 Å². The monoisotopic (exact) mass is 288 g/mol. The Balaban J connectivity index is 1.71. The van der Waals surface area contributed by atoms with Crippen LogP contribution in [0.15, 0.2) is 30.3 Å². The average Bonchev–Trinajstić information content (AvgIpc) is 2.56. The Morgan fingerprint density at radius 2 is 2.05 bits per heavy atom. The average molecular weight is 288 g/mol. The molecule has 1 N–H and O–H groups in total. The summed E-state index contributed by atoms with van der Waals surface area (Å²) in [6.45, 7) is 5.66. The first kappa shape index (κ1) is 15.0. The molecule has 1 aromatic rings. The third kappa shape index (κ3) is 3.31. The highest BCUT2D eigenvalue weighted by atomic mass is 16.5. The van der Waals surface area contributed by atoms with Crippen LogP contribution in [0.5, 0.6) is 0 Å². The number of nitrogens with zero attached hydrogens (tertiary/aromatic N) is 1. The molecule has 2 aliphatic rings. The van der Waals surface area contributed by atoms with Crippen molar-refractivity contribution in [3.63, 3.8) is 0 Å². The first-order valence-corrected chi connectivity index (χ1v) is 8.29. The molecule has 0 spiro atoms. The van der Waals surface area contributed by atoms with Gasteiger partial charge in [0.15, 0.2) is 0 Å². The molecule has 0 bridgehead atoms. The fourth-order valence-electron chi connectivity index (χ4n) is 3.99. The van der Waals surface area contributed by atoms with Gasteiger partial charge in [0.05, 0.1) is 11.6 Å². The number of methoxy groups -OCH3 is 1. The molecular formula is C18H28N2O. The van der Waals surface area contributed by atoms with Gasteiger partial charge in [-0.15, -0.1) is 0 Å². The summed E-state index contributed by atoms with van der Waals surface area (Å²) in [6.07, 6.45) is 5.51. The number of piperazine rings is 1. The summed E-state index contributed by atoms with van der Waals surface area (Å²) in [6, 6.07) is 11.6. The number of rotatable bonds is 3. The second-order valence-electron chi connectivity index (χ2n) is 6.77. The number of hydrogen-bond donors (Lipinski definition) is 1. The van der Waals surface area contributed by atoms with E-state index in [1.54, 1.807) is 0 Å². The highest BCUT2D eigenvalue weighted by Gasteiger charge is 2.36. The van der Waals surface area contributed by atoms with Crippen molar-refractivity contribution in [2.45, 2.75) is 50.3 Å². The third-order valence-electron chi connectivity index (χ3n) is 5.29. The molecule has 1 aromatic carbocycles. The Hall–Kier alpha value is -0.900. The van der Waals surface area contributed by atoms with Crippen LogP contribution in [-0.4, -0.2) is 43.8 Å². The van der Waals surface area contributed by atoms with Gasteiger partial charge in [-0.25, -0.2) is 0 Å². The molecule has 0 aromatic heterocycles. The lowest BCUT2D eigenvalue weighted by Crippen LogP contribution is -2.59. The molecule has 3 atom stereocenters. The van der Waals surface area contributed by atoms with Gasteiger partial charge >= 0.3 is 0 Å². The lowest BCUT2D eigenvalue weighted by molar-refractivity contribution is 0.00988. The quantitative estimate of drug-likeness (QED) is 0.925. The molecule has 21 heavy (non-hydrogen) atoms. The van der Waals surface area contributed by atoms with Crippen molar-refractivity contribution in [1.29, 1.82) is 0 Å². The molecule has 3 rings (SSSR count). The van der Waals surface area contributed by atoms with E-state index in [1.807, 2.05) is 7.11 Å². The zero-order valence-corrected chi connectivity index (χ0v) is 13.3. The van der Waals surface area contributed by atoms with Gasteiger partial charge in [-0.1, -0.05) is 30.3 Å². The van der Waals surface area contributed by atoms with E-state index in [9.17, 15) is 0 Å². The molecule has 3 unspecified atom stereocenters. The van der Waals surface area contributed by atoms with Crippen LogP contribution in [-0.2, 0) is 10.3 Å². The van der Waals surface area contributed by atoms with E-state index < -0.39 is 0 Å². The molecule has 3 nitrogen and oxygen atoms in total. The van der Waals surface area contributed by atoms with E-state index in [1.165, 1.54) is 31.2 Å². The first-order chi connectivity index (χ1) is 10.2. The summed E-state index contributed by atoms with van der Waals surface area (Å²) in [5.41, 5.74) is 1.47. The molecule has 1 aliphatic heterocycles. The standard InChI is InChI=1S/C18H28N2O/c1-18(15-7-4-3-5-8-15)14-20(12-11-19-18)16-9-6-10-17(13-16)21-2/h3-5,7-8,16-17,19H,6,9-14H2,1-2H3. The van der Waals surface area contributed by atoms with E-state index >= 15 is 0 Å². The Morgan fingerprint density at radius 1 is 1.24 bits per heavy atom. The van der Waals surface area contributed by atoms with Gasteiger partial charge in [-0.05, 0) is 38.2 Å². The van der Waals surface area contributed by atoms with Gasteiger partial charge < -0.3 is 10.1 Å². The molecule has 3 heteroatoms. The van der Waals surface area contributed by atoms with Crippen LogP contribution in [0.25, 0.3) is 0 Å². The number of hydrogen-bond acceptors (Lipinski definition) is 3. The smallest absolute Gasteiger partial charge is 0.0586 e. The second kappa shape index (κ2) is 6.47. The molecule has 1 saturated heterocycles. The topological polar surface area (TPSA) is 24.5 Å². The summed E-state index contributed by atoms with van der Waals surface area (Å²) in [5.74, 6) is 0. The molecule has 1 heterocycles. The van der Waals surface area contributed by atoms with Gasteiger partial charge in [0.1, 0.15) is 0 Å². The van der Waals surface area contributed by atoms with Gasteiger partial charge in [0.25, 0.3) is 0 Å². The van der Waals surface area contributed by atoms with Crippen molar-refractivity contribution in [2.75, 3.05) is 26.7 Å². The van der Waals surface area contributed by atoms with Crippen molar-refractivity contribution in [2.24, 2.45) is 0 Å². The SMILES string of the molecule is COC1CCCC(N2CCNC(C)(c3ccccc3)C2)C1. The zero-order chi connectivity index (χ0) is 14.7. The van der Waals surface area contributed by atoms with E-state index in [0.717, 1.165) is 19.6 Å². The minimum atomic E-state index is 0.0690. The Kier molecular flexibility index (Phi) is 4.63. The first-order valence-electron chi connectivity index (χ1n) is 8.29. The van der Waals surface area contributed by atoms with Crippen molar-refractivity contribution in [1.82, 2.24) is 10.2 Å². The molecular weight excluding hydrogens is 260 g/mol. The molecule has 2 fully saturated rings.